The van der Waals surface area contributed by atoms with Gasteiger partial charge in [-0.25, -0.2) is 0 Å². The lowest BCUT2D eigenvalue weighted by Gasteiger charge is -2.10. The number of aryl methyl sites for hydroxylation is 1. The molecule has 0 aliphatic heterocycles. The first-order valence-electron chi connectivity index (χ1n) is 4.77. The highest BCUT2D eigenvalue weighted by Gasteiger charge is 2.02. The van der Waals surface area contributed by atoms with Crippen molar-refractivity contribution in [2.45, 2.75) is 13.5 Å². The van der Waals surface area contributed by atoms with Crippen LogP contribution in [0, 0.1) is 6.92 Å². The van der Waals surface area contributed by atoms with Crippen LogP contribution in [0.5, 0.6) is 0 Å². The molecule has 2 aromatic rings. The Morgan fingerprint density at radius 1 is 1.33 bits per heavy atom. The highest BCUT2D eigenvalue weighted by Crippen LogP contribution is 2.25. The first-order chi connectivity index (χ1) is 7.27. The maximum atomic E-state index is 6.11. The molecule has 0 aliphatic carbocycles. The van der Waals surface area contributed by atoms with E-state index in [0.717, 1.165) is 17.3 Å². The zero-order chi connectivity index (χ0) is 10.7. The summed E-state index contributed by atoms with van der Waals surface area (Å²) in [4.78, 5) is 0. The Bertz CT molecular complexity index is 417. The first-order valence-corrected chi connectivity index (χ1v) is 6.09. The number of rotatable bonds is 3. The predicted molar refractivity (Wildman–Crippen MR) is 67.8 cm³/mol. The SMILES string of the molecule is Cc1cccc(Cl)c1NCc1ccsc1. The zero-order valence-corrected chi connectivity index (χ0v) is 10.0. The molecule has 0 spiro atoms. The molecule has 0 atom stereocenters. The van der Waals surface area contributed by atoms with E-state index in [-0.39, 0.29) is 0 Å². The molecule has 0 radical (unpaired) electrons. The maximum absolute atomic E-state index is 6.11. The number of thiophene rings is 1. The first kappa shape index (κ1) is 10.5. The molecule has 1 aromatic carbocycles. The third-order valence-electron chi connectivity index (χ3n) is 2.27. The Hall–Kier alpha value is -0.990. The van der Waals surface area contributed by atoms with Crippen LogP contribution in [0.15, 0.2) is 35.0 Å². The standard InChI is InChI=1S/C12H12ClNS/c1-9-3-2-4-11(13)12(9)14-7-10-5-6-15-8-10/h2-6,8,14H,7H2,1H3. The molecule has 0 amide bonds. The van der Waals surface area contributed by atoms with Crippen LogP contribution in [0.3, 0.4) is 0 Å². The molecule has 1 nitrogen and oxygen atoms in total. The quantitative estimate of drug-likeness (QED) is 0.838. The van der Waals surface area contributed by atoms with Gasteiger partial charge in [-0.05, 0) is 40.9 Å². The van der Waals surface area contributed by atoms with Crippen LogP contribution in [0.4, 0.5) is 5.69 Å². The zero-order valence-electron chi connectivity index (χ0n) is 8.46. The smallest absolute Gasteiger partial charge is 0.0640 e. The molecular weight excluding hydrogens is 226 g/mol. The topological polar surface area (TPSA) is 12.0 Å². The molecule has 1 N–H and O–H groups in total. The van der Waals surface area contributed by atoms with Gasteiger partial charge in [-0.1, -0.05) is 23.7 Å². The monoisotopic (exact) mass is 237 g/mol. The minimum atomic E-state index is 0.783. The number of anilines is 1. The molecule has 0 fully saturated rings. The summed E-state index contributed by atoms with van der Waals surface area (Å²) in [5, 5.41) is 8.36. The fraction of sp³-hybridized carbons (Fsp3) is 0.167. The average molecular weight is 238 g/mol. The van der Waals surface area contributed by atoms with Crippen LogP contribution in [0.1, 0.15) is 11.1 Å². The fourth-order valence-electron chi connectivity index (χ4n) is 1.44. The van der Waals surface area contributed by atoms with Crippen molar-refractivity contribution in [2.24, 2.45) is 0 Å². The largest absolute Gasteiger partial charge is 0.380 e. The minimum absolute atomic E-state index is 0.783. The van der Waals surface area contributed by atoms with E-state index in [0.29, 0.717) is 0 Å². The summed E-state index contributed by atoms with van der Waals surface area (Å²) in [6.07, 6.45) is 0. The minimum Gasteiger partial charge on any atom is -0.380 e. The van der Waals surface area contributed by atoms with Gasteiger partial charge in [-0.3, -0.25) is 0 Å². The number of halogens is 1. The fourth-order valence-corrected chi connectivity index (χ4v) is 2.40. The third kappa shape index (κ3) is 2.52. The Kier molecular flexibility index (Phi) is 3.29. The van der Waals surface area contributed by atoms with Crippen molar-refractivity contribution in [2.75, 3.05) is 5.32 Å². The van der Waals surface area contributed by atoms with Crippen molar-refractivity contribution >= 4 is 28.6 Å². The molecule has 0 bridgehead atoms. The van der Waals surface area contributed by atoms with Gasteiger partial charge in [0.2, 0.25) is 0 Å². The number of hydrogen-bond donors (Lipinski definition) is 1. The molecule has 1 heterocycles. The van der Waals surface area contributed by atoms with E-state index in [2.05, 4.69) is 35.1 Å². The van der Waals surface area contributed by atoms with Crippen LogP contribution in [0.25, 0.3) is 0 Å². The van der Waals surface area contributed by atoms with E-state index < -0.39 is 0 Å². The van der Waals surface area contributed by atoms with Crippen molar-refractivity contribution in [3.8, 4) is 0 Å². The van der Waals surface area contributed by atoms with Gasteiger partial charge in [0.1, 0.15) is 0 Å². The van der Waals surface area contributed by atoms with Crippen LogP contribution in [-0.4, -0.2) is 0 Å². The number of nitrogens with one attached hydrogen (secondary N) is 1. The maximum Gasteiger partial charge on any atom is 0.0640 e. The van der Waals surface area contributed by atoms with Gasteiger partial charge >= 0.3 is 0 Å². The number of hydrogen-bond acceptors (Lipinski definition) is 2. The van der Waals surface area contributed by atoms with Gasteiger partial charge in [0, 0.05) is 6.54 Å². The number of para-hydroxylation sites is 1. The Morgan fingerprint density at radius 3 is 2.87 bits per heavy atom. The van der Waals surface area contributed by atoms with Crippen LogP contribution >= 0.6 is 22.9 Å². The molecule has 15 heavy (non-hydrogen) atoms. The van der Waals surface area contributed by atoms with Gasteiger partial charge in [0.25, 0.3) is 0 Å². The molecule has 0 aliphatic rings. The predicted octanol–water partition coefficient (Wildman–Crippen LogP) is 4.32. The van der Waals surface area contributed by atoms with Crippen LogP contribution in [-0.2, 0) is 6.54 Å². The summed E-state index contributed by atoms with van der Waals surface area (Å²) >= 11 is 7.82. The van der Waals surface area contributed by atoms with Crippen LogP contribution in [0.2, 0.25) is 5.02 Å². The Balaban J connectivity index is 2.11. The molecule has 3 heteroatoms. The molecule has 0 saturated heterocycles. The van der Waals surface area contributed by atoms with E-state index >= 15 is 0 Å². The van der Waals surface area contributed by atoms with Crippen molar-refractivity contribution in [3.63, 3.8) is 0 Å². The van der Waals surface area contributed by atoms with E-state index in [1.807, 2.05) is 12.1 Å². The second kappa shape index (κ2) is 4.69. The van der Waals surface area contributed by atoms with Gasteiger partial charge in [-0.2, -0.15) is 11.3 Å². The lowest BCUT2D eigenvalue weighted by Crippen LogP contribution is -2.00. The second-order valence-electron chi connectivity index (χ2n) is 3.42. The lowest BCUT2D eigenvalue weighted by atomic mass is 10.2. The molecule has 2 rings (SSSR count). The van der Waals surface area contributed by atoms with E-state index in [4.69, 9.17) is 11.6 Å². The molecule has 78 valence electrons. The third-order valence-corrected chi connectivity index (χ3v) is 3.32. The van der Waals surface area contributed by atoms with E-state index in [1.54, 1.807) is 11.3 Å². The Morgan fingerprint density at radius 2 is 2.20 bits per heavy atom. The van der Waals surface area contributed by atoms with E-state index in [1.165, 1.54) is 11.1 Å². The van der Waals surface area contributed by atoms with Crippen molar-refractivity contribution in [1.29, 1.82) is 0 Å². The molecule has 0 saturated carbocycles. The summed E-state index contributed by atoms with van der Waals surface area (Å²) in [6, 6.07) is 8.05. The van der Waals surface area contributed by atoms with Gasteiger partial charge in [-0.15, -0.1) is 0 Å². The van der Waals surface area contributed by atoms with Gasteiger partial charge < -0.3 is 5.32 Å². The van der Waals surface area contributed by atoms with Crippen molar-refractivity contribution in [3.05, 3.63) is 51.2 Å². The summed E-state index contributed by atoms with van der Waals surface area (Å²) < 4.78 is 0. The average Bonchev–Trinajstić information content (AvgIpc) is 2.70. The summed E-state index contributed by atoms with van der Waals surface area (Å²) in [6.45, 7) is 2.88. The van der Waals surface area contributed by atoms with Gasteiger partial charge in [0.05, 0.1) is 10.7 Å². The van der Waals surface area contributed by atoms with Gasteiger partial charge in [0.15, 0.2) is 0 Å². The molecule has 1 aromatic heterocycles. The number of benzene rings is 1. The molecule has 0 unspecified atom stereocenters. The summed E-state index contributed by atoms with van der Waals surface area (Å²) in [5.41, 5.74) is 3.50. The molecular formula is C12H12ClNS. The lowest BCUT2D eigenvalue weighted by molar-refractivity contribution is 1.15. The summed E-state index contributed by atoms with van der Waals surface area (Å²) in [5.74, 6) is 0. The van der Waals surface area contributed by atoms with Crippen molar-refractivity contribution < 1.29 is 0 Å². The summed E-state index contributed by atoms with van der Waals surface area (Å²) in [7, 11) is 0. The highest BCUT2D eigenvalue weighted by atomic mass is 35.5. The second-order valence-corrected chi connectivity index (χ2v) is 4.60. The normalized spacial score (nSPS) is 10.3. The Labute approximate surface area is 98.7 Å². The van der Waals surface area contributed by atoms with Crippen LogP contribution < -0.4 is 5.32 Å². The highest BCUT2D eigenvalue weighted by molar-refractivity contribution is 7.07. The van der Waals surface area contributed by atoms with E-state index in [9.17, 15) is 0 Å². The van der Waals surface area contributed by atoms with Crippen molar-refractivity contribution in [1.82, 2.24) is 0 Å².